The van der Waals surface area contributed by atoms with Gasteiger partial charge in [0, 0.05) is 45.0 Å². The molecule has 1 aliphatic heterocycles. The largest absolute Gasteiger partial charge is 0.345 e. The van der Waals surface area contributed by atoms with Crippen molar-refractivity contribution in [2.24, 2.45) is 5.92 Å². The number of aromatic nitrogens is 4. The molecule has 0 atom stereocenters. The van der Waals surface area contributed by atoms with Crippen LogP contribution in [-0.2, 0) is 29.5 Å². The number of nitrogens with zero attached hydrogens (tertiary/aromatic N) is 5. The second kappa shape index (κ2) is 5.82. The predicted octanol–water partition coefficient (Wildman–Crippen LogP) is 0.0968. The van der Waals surface area contributed by atoms with E-state index < -0.39 is 10.0 Å². The molecule has 8 nitrogen and oxygen atoms in total. The van der Waals surface area contributed by atoms with Crippen LogP contribution in [0.5, 0.6) is 0 Å². The molecule has 1 aliphatic carbocycles. The van der Waals surface area contributed by atoms with Gasteiger partial charge in [-0.3, -0.25) is 9.55 Å². The molecule has 24 heavy (non-hydrogen) atoms. The van der Waals surface area contributed by atoms with Crippen molar-refractivity contribution < 1.29 is 8.42 Å². The zero-order valence-corrected chi connectivity index (χ0v) is 14.0. The lowest BCUT2D eigenvalue weighted by molar-refractivity contribution is 0.408. The zero-order valence-electron chi connectivity index (χ0n) is 13.2. The molecule has 0 N–H and O–H groups in total. The fourth-order valence-electron chi connectivity index (χ4n) is 3.00. The molecule has 128 valence electrons. The van der Waals surface area contributed by atoms with Crippen LogP contribution in [0.1, 0.15) is 18.7 Å². The zero-order chi connectivity index (χ0) is 16.7. The molecule has 2 aliphatic rings. The van der Waals surface area contributed by atoms with Gasteiger partial charge in [-0.1, -0.05) is 0 Å². The molecule has 0 unspecified atom stereocenters. The topological polar surface area (TPSA) is 90.1 Å². The molecule has 0 radical (unpaired) electrons. The summed E-state index contributed by atoms with van der Waals surface area (Å²) in [4.78, 5) is 16.5. The highest BCUT2D eigenvalue weighted by atomic mass is 32.2. The van der Waals surface area contributed by atoms with Crippen molar-refractivity contribution in [3.63, 3.8) is 0 Å². The lowest BCUT2D eigenvalue weighted by Crippen LogP contribution is -2.35. The predicted molar refractivity (Wildman–Crippen MR) is 85.9 cm³/mol. The van der Waals surface area contributed by atoms with Gasteiger partial charge in [0.15, 0.2) is 0 Å². The fraction of sp³-hybridized carbons (Fsp3) is 0.533. The van der Waals surface area contributed by atoms with Gasteiger partial charge in [0.1, 0.15) is 10.7 Å². The number of fused-ring (bicyclic) bond motifs is 1. The molecule has 9 heteroatoms. The van der Waals surface area contributed by atoms with Crippen molar-refractivity contribution in [1.82, 2.24) is 23.6 Å². The van der Waals surface area contributed by atoms with Gasteiger partial charge < -0.3 is 0 Å². The van der Waals surface area contributed by atoms with E-state index in [1.807, 2.05) is 0 Å². The third-order valence-corrected chi connectivity index (χ3v) is 6.44. The summed E-state index contributed by atoms with van der Waals surface area (Å²) in [5.41, 5.74) is -0.127. The molecule has 0 spiro atoms. The minimum Gasteiger partial charge on any atom is -0.278 e. The number of pyridine rings is 1. The van der Waals surface area contributed by atoms with E-state index in [1.165, 1.54) is 21.3 Å². The maximum atomic E-state index is 12.7. The molecule has 4 rings (SSSR count). The first-order chi connectivity index (χ1) is 11.6. The standard InChI is InChI=1S/C15H19N5O3S/c21-15-19-9-8-18(24(22,23)13-2-1-6-16-10-13)7-5-14(19)17-20(15)11-12-3-4-12/h1-2,6,10,12H,3-5,7-9,11H2. The van der Waals surface area contributed by atoms with Gasteiger partial charge in [0.25, 0.3) is 0 Å². The van der Waals surface area contributed by atoms with Gasteiger partial charge in [-0.2, -0.15) is 9.40 Å². The van der Waals surface area contributed by atoms with Crippen molar-refractivity contribution in [3.05, 3.63) is 40.8 Å². The van der Waals surface area contributed by atoms with Crippen LogP contribution in [-0.4, -0.2) is 45.1 Å². The minimum atomic E-state index is -3.59. The summed E-state index contributed by atoms with van der Waals surface area (Å²) in [6.45, 7) is 1.59. The maximum absolute atomic E-state index is 12.7. The summed E-state index contributed by atoms with van der Waals surface area (Å²) in [6.07, 6.45) is 5.64. The number of rotatable bonds is 4. The SMILES string of the molecule is O=c1n(CC2CC2)nc2n1CCN(S(=O)(=O)c1cccnc1)CC2. The summed E-state index contributed by atoms with van der Waals surface area (Å²) >= 11 is 0. The summed E-state index contributed by atoms with van der Waals surface area (Å²) < 4.78 is 29.9. The average molecular weight is 349 g/mol. The first-order valence-electron chi connectivity index (χ1n) is 8.12. The Morgan fingerprint density at radius 2 is 2.04 bits per heavy atom. The molecule has 0 bridgehead atoms. The van der Waals surface area contributed by atoms with Crippen LogP contribution in [0.25, 0.3) is 0 Å². The molecule has 2 aromatic rings. The molecule has 0 amide bonds. The highest BCUT2D eigenvalue weighted by Crippen LogP contribution is 2.29. The lowest BCUT2D eigenvalue weighted by atomic mass is 10.4. The molecule has 3 heterocycles. The van der Waals surface area contributed by atoms with Crippen LogP contribution >= 0.6 is 0 Å². The molecule has 2 aromatic heterocycles. The Hall–Kier alpha value is -2.00. The summed E-state index contributed by atoms with van der Waals surface area (Å²) in [5, 5.41) is 4.41. The molecular formula is C15H19N5O3S. The van der Waals surface area contributed by atoms with E-state index in [9.17, 15) is 13.2 Å². The highest BCUT2D eigenvalue weighted by molar-refractivity contribution is 7.89. The Morgan fingerprint density at radius 3 is 2.75 bits per heavy atom. The van der Waals surface area contributed by atoms with E-state index in [-0.39, 0.29) is 17.1 Å². The molecule has 0 aromatic carbocycles. The summed E-state index contributed by atoms with van der Waals surface area (Å²) in [5.74, 6) is 1.24. The van der Waals surface area contributed by atoms with Crippen molar-refractivity contribution in [1.29, 1.82) is 0 Å². The Balaban J connectivity index is 1.56. The average Bonchev–Trinajstić information content (AvgIpc) is 3.37. The van der Waals surface area contributed by atoms with E-state index in [4.69, 9.17) is 0 Å². The van der Waals surface area contributed by atoms with Gasteiger partial charge >= 0.3 is 5.69 Å². The fourth-order valence-corrected chi connectivity index (χ4v) is 4.39. The van der Waals surface area contributed by atoms with Gasteiger partial charge in [0.05, 0.1) is 0 Å². The Bertz CT molecular complexity index is 899. The van der Waals surface area contributed by atoms with E-state index in [1.54, 1.807) is 16.8 Å². The van der Waals surface area contributed by atoms with Crippen LogP contribution < -0.4 is 5.69 Å². The second-order valence-corrected chi connectivity index (χ2v) is 8.26. The lowest BCUT2D eigenvalue weighted by Gasteiger charge is -2.19. The third kappa shape index (κ3) is 2.78. The second-order valence-electron chi connectivity index (χ2n) is 6.32. The van der Waals surface area contributed by atoms with Crippen molar-refractivity contribution >= 4 is 10.0 Å². The van der Waals surface area contributed by atoms with Crippen LogP contribution in [0.15, 0.2) is 34.2 Å². The van der Waals surface area contributed by atoms with E-state index in [0.29, 0.717) is 37.8 Å². The van der Waals surface area contributed by atoms with Crippen LogP contribution in [0.2, 0.25) is 0 Å². The number of sulfonamides is 1. The van der Waals surface area contributed by atoms with E-state index in [2.05, 4.69) is 10.1 Å². The minimum absolute atomic E-state index is 0.127. The van der Waals surface area contributed by atoms with Gasteiger partial charge in [0.2, 0.25) is 10.0 Å². The van der Waals surface area contributed by atoms with Crippen LogP contribution in [0, 0.1) is 5.92 Å². The van der Waals surface area contributed by atoms with E-state index >= 15 is 0 Å². The highest BCUT2D eigenvalue weighted by Gasteiger charge is 2.29. The molecule has 0 saturated heterocycles. The Kier molecular flexibility index (Phi) is 3.76. The van der Waals surface area contributed by atoms with E-state index in [0.717, 1.165) is 12.8 Å². The maximum Gasteiger partial charge on any atom is 0.345 e. The normalized spacial score (nSPS) is 19.0. The van der Waals surface area contributed by atoms with Gasteiger partial charge in [-0.05, 0) is 30.9 Å². The van der Waals surface area contributed by atoms with Crippen molar-refractivity contribution in [2.75, 3.05) is 13.1 Å². The summed E-state index contributed by atoms with van der Waals surface area (Å²) in [6, 6.07) is 3.14. The summed E-state index contributed by atoms with van der Waals surface area (Å²) in [7, 11) is -3.59. The smallest absolute Gasteiger partial charge is 0.278 e. The first-order valence-corrected chi connectivity index (χ1v) is 9.56. The van der Waals surface area contributed by atoms with Crippen molar-refractivity contribution in [2.45, 2.75) is 37.2 Å². The van der Waals surface area contributed by atoms with Crippen LogP contribution in [0.4, 0.5) is 0 Å². The quantitative estimate of drug-likeness (QED) is 0.781. The van der Waals surface area contributed by atoms with Crippen molar-refractivity contribution in [3.8, 4) is 0 Å². The Morgan fingerprint density at radius 1 is 1.21 bits per heavy atom. The third-order valence-electron chi connectivity index (χ3n) is 4.56. The first kappa shape index (κ1) is 15.5. The monoisotopic (exact) mass is 349 g/mol. The van der Waals surface area contributed by atoms with Gasteiger partial charge in [-0.25, -0.2) is 17.9 Å². The Labute approximate surface area is 139 Å². The van der Waals surface area contributed by atoms with Crippen LogP contribution in [0.3, 0.4) is 0 Å². The number of hydrogen-bond acceptors (Lipinski definition) is 5. The molecular weight excluding hydrogens is 330 g/mol. The molecule has 1 fully saturated rings. The molecule has 1 saturated carbocycles. The number of hydrogen-bond donors (Lipinski definition) is 0. The van der Waals surface area contributed by atoms with Gasteiger partial charge in [-0.15, -0.1) is 0 Å².